The maximum absolute atomic E-state index is 12.8. The maximum Gasteiger partial charge on any atom is 0.418 e. The summed E-state index contributed by atoms with van der Waals surface area (Å²) in [6, 6.07) is 3.91. The van der Waals surface area contributed by atoms with Crippen LogP contribution in [0.5, 0.6) is 0 Å². The van der Waals surface area contributed by atoms with Crippen molar-refractivity contribution >= 4 is 11.5 Å². The fourth-order valence-corrected chi connectivity index (χ4v) is 1.79. The molecule has 0 heterocycles. The van der Waals surface area contributed by atoms with Gasteiger partial charge in [0.25, 0.3) is 0 Å². The zero-order valence-electron chi connectivity index (χ0n) is 11.8. The van der Waals surface area contributed by atoms with E-state index >= 15 is 0 Å². The number of nitrogens with zero attached hydrogens (tertiary/aromatic N) is 1. The highest BCUT2D eigenvalue weighted by atomic mass is 19.4. The fourth-order valence-electron chi connectivity index (χ4n) is 1.79. The van der Waals surface area contributed by atoms with E-state index in [2.05, 4.69) is 5.16 Å². The van der Waals surface area contributed by atoms with Crippen LogP contribution in [0.1, 0.15) is 11.1 Å². The van der Waals surface area contributed by atoms with Gasteiger partial charge >= 0.3 is 12.4 Å². The summed E-state index contributed by atoms with van der Waals surface area (Å²) in [4.78, 5) is 15.8. The number of benzene rings is 1. The van der Waals surface area contributed by atoms with Crippen molar-refractivity contribution in [3.05, 3.63) is 59.2 Å². The smallest absolute Gasteiger partial charge is 0.390 e. The third-order valence-corrected chi connectivity index (χ3v) is 2.95. The van der Waals surface area contributed by atoms with Gasteiger partial charge in [0.1, 0.15) is 12.3 Å². The molecule has 24 heavy (non-hydrogen) atoms. The van der Waals surface area contributed by atoms with Crippen LogP contribution in [0.4, 0.5) is 26.3 Å². The molecular weight excluding hydrogens is 340 g/mol. The standard InChI is InChI=1S/C15H9F6NO2/c16-14(17,18)10-3-1-9(2-4-10)8-24-22-13-6-5-11(23)7-12(13)15(19,20)21/h1-7H,8H2. The fraction of sp³-hybridized carbons (Fsp3) is 0.200. The van der Waals surface area contributed by atoms with E-state index in [4.69, 9.17) is 4.84 Å². The van der Waals surface area contributed by atoms with Gasteiger partial charge in [0.15, 0.2) is 5.78 Å². The lowest BCUT2D eigenvalue weighted by molar-refractivity contribution is -0.137. The molecule has 0 spiro atoms. The topological polar surface area (TPSA) is 38.7 Å². The van der Waals surface area contributed by atoms with Crippen molar-refractivity contribution in [3.8, 4) is 0 Å². The van der Waals surface area contributed by atoms with Crippen LogP contribution >= 0.6 is 0 Å². The minimum Gasteiger partial charge on any atom is -0.390 e. The Morgan fingerprint density at radius 3 is 2.08 bits per heavy atom. The van der Waals surface area contributed by atoms with Crippen LogP contribution in [-0.2, 0) is 22.4 Å². The first-order valence-corrected chi connectivity index (χ1v) is 6.45. The number of halogens is 6. The van der Waals surface area contributed by atoms with E-state index in [1.54, 1.807) is 0 Å². The highest BCUT2D eigenvalue weighted by Crippen LogP contribution is 2.30. The average Bonchev–Trinajstić information content (AvgIpc) is 2.47. The molecule has 3 nitrogen and oxygen atoms in total. The summed E-state index contributed by atoms with van der Waals surface area (Å²) < 4.78 is 75.5. The normalized spacial score (nSPS) is 17.2. The van der Waals surface area contributed by atoms with E-state index in [0.717, 1.165) is 36.4 Å². The SMILES string of the molecule is O=C1C=CC(=NOCc2ccc(C(F)(F)F)cc2)C(C(F)(F)F)=C1. The predicted molar refractivity (Wildman–Crippen MR) is 72.0 cm³/mol. The largest absolute Gasteiger partial charge is 0.418 e. The number of hydrogen-bond acceptors (Lipinski definition) is 3. The maximum atomic E-state index is 12.8. The zero-order chi connectivity index (χ0) is 18.0. The Morgan fingerprint density at radius 1 is 0.917 bits per heavy atom. The molecule has 0 N–H and O–H groups in total. The van der Waals surface area contributed by atoms with Crippen molar-refractivity contribution in [2.45, 2.75) is 19.0 Å². The second-order valence-corrected chi connectivity index (χ2v) is 4.74. The van der Waals surface area contributed by atoms with Crippen LogP contribution in [0.3, 0.4) is 0 Å². The Morgan fingerprint density at radius 2 is 1.54 bits per heavy atom. The van der Waals surface area contributed by atoms with Gasteiger partial charge in [-0.2, -0.15) is 26.3 Å². The van der Waals surface area contributed by atoms with Crippen molar-refractivity contribution in [1.29, 1.82) is 0 Å². The number of ketones is 1. The van der Waals surface area contributed by atoms with Crippen LogP contribution < -0.4 is 0 Å². The summed E-state index contributed by atoms with van der Waals surface area (Å²) in [5, 5.41) is 3.30. The lowest BCUT2D eigenvalue weighted by Crippen LogP contribution is -2.22. The molecule has 0 unspecified atom stereocenters. The van der Waals surface area contributed by atoms with Crippen molar-refractivity contribution in [1.82, 2.24) is 0 Å². The second kappa shape index (κ2) is 6.50. The predicted octanol–water partition coefficient (Wildman–Crippen LogP) is 4.21. The molecule has 0 amide bonds. The van der Waals surface area contributed by atoms with E-state index in [9.17, 15) is 31.1 Å². The minimum atomic E-state index is -4.78. The number of carbonyl (C=O) groups excluding carboxylic acids is 1. The summed E-state index contributed by atoms with van der Waals surface area (Å²) in [6.45, 7) is -0.325. The van der Waals surface area contributed by atoms with Crippen LogP contribution in [-0.4, -0.2) is 17.7 Å². The van der Waals surface area contributed by atoms with Crippen molar-refractivity contribution in [3.63, 3.8) is 0 Å². The number of allylic oxidation sites excluding steroid dienone is 4. The molecule has 9 heteroatoms. The summed E-state index contributed by atoms with van der Waals surface area (Å²) in [5.41, 5.74) is -2.40. The van der Waals surface area contributed by atoms with Gasteiger partial charge in [-0.25, -0.2) is 0 Å². The number of carbonyl (C=O) groups is 1. The Balaban J connectivity index is 2.07. The molecule has 128 valence electrons. The van der Waals surface area contributed by atoms with Crippen LogP contribution in [0.25, 0.3) is 0 Å². The van der Waals surface area contributed by atoms with Gasteiger partial charge in [0, 0.05) is 0 Å². The third kappa shape index (κ3) is 4.46. The van der Waals surface area contributed by atoms with E-state index in [1.165, 1.54) is 0 Å². The molecule has 0 aromatic heterocycles. The molecule has 1 aliphatic rings. The van der Waals surface area contributed by atoms with Gasteiger partial charge in [-0.15, -0.1) is 0 Å². The van der Waals surface area contributed by atoms with Gasteiger partial charge in [0.05, 0.1) is 11.1 Å². The Labute approximate surface area is 131 Å². The first-order chi connectivity index (χ1) is 11.1. The van der Waals surface area contributed by atoms with Crippen LogP contribution in [0.15, 0.2) is 53.2 Å². The number of hydrogen-bond donors (Lipinski definition) is 0. The van der Waals surface area contributed by atoms with Crippen LogP contribution in [0, 0.1) is 0 Å². The Hall–Kier alpha value is -2.58. The van der Waals surface area contributed by atoms with Gasteiger partial charge < -0.3 is 4.84 Å². The van der Waals surface area contributed by atoms with E-state index in [0.29, 0.717) is 11.6 Å². The number of alkyl halides is 6. The highest BCUT2D eigenvalue weighted by molar-refractivity contribution is 6.20. The van der Waals surface area contributed by atoms with E-state index in [-0.39, 0.29) is 6.61 Å². The quantitative estimate of drug-likeness (QED) is 0.466. The van der Waals surface area contributed by atoms with Crippen molar-refractivity contribution in [2.75, 3.05) is 0 Å². The lowest BCUT2D eigenvalue weighted by atomic mass is 10.0. The Kier molecular flexibility index (Phi) is 4.81. The second-order valence-electron chi connectivity index (χ2n) is 4.74. The zero-order valence-corrected chi connectivity index (χ0v) is 11.8. The molecule has 0 aliphatic heterocycles. The number of oxime groups is 1. The van der Waals surface area contributed by atoms with Gasteiger partial charge in [-0.05, 0) is 35.9 Å². The monoisotopic (exact) mass is 349 g/mol. The molecule has 0 fully saturated rings. The van der Waals surface area contributed by atoms with E-state index in [1.807, 2.05) is 0 Å². The molecule has 2 rings (SSSR count). The summed E-state index contributed by atoms with van der Waals surface area (Å²) in [6.07, 6.45) is -7.11. The molecule has 1 aromatic rings. The highest BCUT2D eigenvalue weighted by Gasteiger charge is 2.38. The lowest BCUT2D eigenvalue weighted by Gasteiger charge is -2.13. The summed E-state index contributed by atoms with van der Waals surface area (Å²) in [5.74, 6) is -0.830. The van der Waals surface area contributed by atoms with Gasteiger partial charge in [0.2, 0.25) is 0 Å². The molecule has 0 saturated carbocycles. The molecule has 0 bridgehead atoms. The van der Waals surface area contributed by atoms with E-state index < -0.39 is 35.0 Å². The number of rotatable bonds is 3. The third-order valence-electron chi connectivity index (χ3n) is 2.95. The van der Waals surface area contributed by atoms with Crippen molar-refractivity contribution in [2.24, 2.45) is 5.16 Å². The minimum absolute atomic E-state index is 0.292. The van der Waals surface area contributed by atoms with Crippen LogP contribution in [0.2, 0.25) is 0 Å². The van der Waals surface area contributed by atoms with Crippen molar-refractivity contribution < 1.29 is 36.0 Å². The average molecular weight is 349 g/mol. The van der Waals surface area contributed by atoms with Gasteiger partial charge in [-0.1, -0.05) is 17.3 Å². The molecule has 0 saturated heterocycles. The molecule has 1 aromatic carbocycles. The first kappa shape index (κ1) is 17.8. The molecule has 0 radical (unpaired) electrons. The first-order valence-electron chi connectivity index (χ1n) is 6.45. The molecule has 0 atom stereocenters. The van der Waals surface area contributed by atoms with Gasteiger partial charge in [-0.3, -0.25) is 4.79 Å². The Bertz CT molecular complexity index is 711. The molecular formula is C15H9F6NO2. The summed E-state index contributed by atoms with van der Waals surface area (Å²) in [7, 11) is 0. The summed E-state index contributed by atoms with van der Waals surface area (Å²) >= 11 is 0. The molecule has 1 aliphatic carbocycles.